The van der Waals surface area contributed by atoms with Gasteiger partial charge in [0, 0.05) is 23.3 Å². The number of hydrogen-bond donors (Lipinski definition) is 3. The molecule has 2 atom stereocenters. The molecule has 2 unspecified atom stereocenters. The van der Waals surface area contributed by atoms with Crippen molar-refractivity contribution >= 4 is 21.6 Å². The van der Waals surface area contributed by atoms with Crippen LogP contribution in [-0.2, 0) is 0 Å². The largest absolute Gasteiger partial charge is 0.397 e. The van der Waals surface area contributed by atoms with Crippen molar-refractivity contribution in [1.29, 1.82) is 0 Å². The van der Waals surface area contributed by atoms with Crippen LogP contribution in [0.25, 0.3) is 0 Å². The molecule has 1 aromatic rings. The number of aliphatic hydroxyl groups is 2. The highest BCUT2D eigenvalue weighted by molar-refractivity contribution is 9.09. The Hall–Kier alpha value is -0.650. The Morgan fingerprint density at radius 3 is 2.71 bits per heavy atom. The zero-order chi connectivity index (χ0) is 10.6. The van der Waals surface area contributed by atoms with Crippen LogP contribution in [0.1, 0.15) is 18.1 Å². The van der Waals surface area contributed by atoms with Crippen molar-refractivity contribution in [3.8, 4) is 0 Å². The van der Waals surface area contributed by atoms with Gasteiger partial charge in [-0.05, 0) is 12.5 Å². The van der Waals surface area contributed by atoms with Gasteiger partial charge in [0.05, 0.1) is 11.8 Å². The monoisotopic (exact) mass is 260 g/mol. The molecule has 0 fully saturated rings. The first-order valence-electron chi connectivity index (χ1n) is 4.27. The molecular formula is C9H13BrN2O2. The maximum atomic E-state index is 9.68. The van der Waals surface area contributed by atoms with E-state index in [1.165, 1.54) is 12.4 Å². The summed E-state index contributed by atoms with van der Waals surface area (Å²) in [5, 5.41) is 19.8. The fourth-order valence-corrected chi connectivity index (χ4v) is 1.60. The summed E-state index contributed by atoms with van der Waals surface area (Å²) in [7, 11) is 0. The second kappa shape index (κ2) is 5.29. The zero-order valence-corrected chi connectivity index (χ0v) is 9.18. The number of alkyl halides is 1. The highest BCUT2D eigenvalue weighted by Crippen LogP contribution is 2.20. The number of pyridine rings is 1. The quantitative estimate of drug-likeness (QED) is 0.702. The molecule has 0 aliphatic rings. The van der Waals surface area contributed by atoms with Gasteiger partial charge in [0.25, 0.3) is 0 Å². The summed E-state index contributed by atoms with van der Waals surface area (Å²) >= 11 is 3.19. The van der Waals surface area contributed by atoms with E-state index >= 15 is 0 Å². The molecule has 14 heavy (non-hydrogen) atoms. The molecule has 0 aromatic carbocycles. The number of nitrogens with two attached hydrogens (primary N) is 1. The molecule has 0 amide bonds. The van der Waals surface area contributed by atoms with Gasteiger partial charge in [-0.3, -0.25) is 4.98 Å². The molecule has 0 bridgehead atoms. The normalized spacial score (nSPS) is 15.1. The van der Waals surface area contributed by atoms with Crippen molar-refractivity contribution in [3.05, 3.63) is 24.0 Å². The van der Waals surface area contributed by atoms with Crippen molar-refractivity contribution in [2.45, 2.75) is 18.6 Å². The van der Waals surface area contributed by atoms with Crippen LogP contribution < -0.4 is 5.73 Å². The van der Waals surface area contributed by atoms with E-state index in [2.05, 4.69) is 20.9 Å². The second-order valence-electron chi connectivity index (χ2n) is 3.04. The molecule has 5 heteroatoms. The van der Waals surface area contributed by atoms with Gasteiger partial charge in [-0.25, -0.2) is 0 Å². The summed E-state index contributed by atoms with van der Waals surface area (Å²) in [6, 6.07) is 1.61. The van der Waals surface area contributed by atoms with Crippen molar-refractivity contribution in [2.75, 3.05) is 11.1 Å². The Kier molecular flexibility index (Phi) is 4.31. The smallest absolute Gasteiger partial charge is 0.106 e. The van der Waals surface area contributed by atoms with Gasteiger partial charge in [0.1, 0.15) is 6.10 Å². The van der Waals surface area contributed by atoms with Crippen LogP contribution in [0, 0.1) is 0 Å². The van der Waals surface area contributed by atoms with E-state index in [0.717, 1.165) is 0 Å². The van der Waals surface area contributed by atoms with Crippen LogP contribution in [0.3, 0.4) is 0 Å². The van der Waals surface area contributed by atoms with Gasteiger partial charge in [-0.2, -0.15) is 0 Å². The maximum Gasteiger partial charge on any atom is 0.106 e. The molecule has 0 aliphatic heterocycles. The Balaban J connectivity index is 2.73. The van der Waals surface area contributed by atoms with E-state index in [9.17, 15) is 10.2 Å². The van der Waals surface area contributed by atoms with Gasteiger partial charge < -0.3 is 15.9 Å². The molecule has 0 saturated carbocycles. The van der Waals surface area contributed by atoms with E-state index in [-0.39, 0.29) is 0 Å². The summed E-state index contributed by atoms with van der Waals surface area (Å²) in [6.07, 6.45) is 1.75. The fourth-order valence-electron chi connectivity index (χ4n) is 1.13. The SMILES string of the molecule is Nc1cncc(C(O)C(O)CCBr)c1. The molecule has 1 aromatic heterocycles. The van der Waals surface area contributed by atoms with Crippen molar-refractivity contribution in [2.24, 2.45) is 0 Å². The van der Waals surface area contributed by atoms with Gasteiger partial charge in [-0.15, -0.1) is 0 Å². The summed E-state index contributed by atoms with van der Waals surface area (Å²) in [5.41, 5.74) is 6.53. The fraction of sp³-hybridized carbons (Fsp3) is 0.444. The minimum atomic E-state index is -0.927. The highest BCUT2D eigenvalue weighted by Gasteiger charge is 2.17. The average Bonchev–Trinajstić information content (AvgIpc) is 2.17. The van der Waals surface area contributed by atoms with Gasteiger partial charge in [-0.1, -0.05) is 15.9 Å². The van der Waals surface area contributed by atoms with Crippen LogP contribution in [-0.4, -0.2) is 26.6 Å². The Bertz CT molecular complexity index is 296. The molecule has 1 heterocycles. The van der Waals surface area contributed by atoms with E-state index in [4.69, 9.17) is 5.73 Å². The molecule has 78 valence electrons. The lowest BCUT2D eigenvalue weighted by molar-refractivity contribution is 0.0172. The molecule has 1 rings (SSSR count). The lowest BCUT2D eigenvalue weighted by atomic mass is 10.0. The van der Waals surface area contributed by atoms with Gasteiger partial charge >= 0.3 is 0 Å². The van der Waals surface area contributed by atoms with Gasteiger partial charge in [0.15, 0.2) is 0 Å². The first-order valence-corrected chi connectivity index (χ1v) is 5.40. The topological polar surface area (TPSA) is 79.4 Å². The minimum absolute atomic E-state index is 0.479. The van der Waals surface area contributed by atoms with E-state index in [0.29, 0.717) is 23.0 Å². The summed E-state index contributed by atoms with van der Waals surface area (Å²) < 4.78 is 0. The van der Waals surface area contributed by atoms with Crippen molar-refractivity contribution < 1.29 is 10.2 Å². The third kappa shape index (κ3) is 2.94. The van der Waals surface area contributed by atoms with Crippen molar-refractivity contribution in [3.63, 3.8) is 0 Å². The number of halogens is 1. The number of rotatable bonds is 4. The summed E-state index contributed by atoms with van der Waals surface area (Å²) in [4.78, 5) is 3.84. The van der Waals surface area contributed by atoms with E-state index in [1.807, 2.05) is 0 Å². The van der Waals surface area contributed by atoms with Crippen LogP contribution in [0.4, 0.5) is 5.69 Å². The molecule has 4 nitrogen and oxygen atoms in total. The molecule has 0 aliphatic carbocycles. The zero-order valence-electron chi connectivity index (χ0n) is 7.60. The lowest BCUT2D eigenvalue weighted by Crippen LogP contribution is -2.18. The first-order chi connectivity index (χ1) is 6.65. The summed E-state index contributed by atoms with van der Waals surface area (Å²) in [6.45, 7) is 0. The molecular weight excluding hydrogens is 248 g/mol. The van der Waals surface area contributed by atoms with Crippen LogP contribution in [0.15, 0.2) is 18.5 Å². The Morgan fingerprint density at radius 2 is 2.14 bits per heavy atom. The third-order valence-corrected chi connectivity index (χ3v) is 2.35. The lowest BCUT2D eigenvalue weighted by Gasteiger charge is -2.16. The number of aliphatic hydroxyl groups excluding tert-OH is 2. The molecule has 4 N–H and O–H groups in total. The van der Waals surface area contributed by atoms with Gasteiger partial charge in [0.2, 0.25) is 0 Å². The minimum Gasteiger partial charge on any atom is -0.397 e. The maximum absolute atomic E-state index is 9.68. The number of anilines is 1. The van der Waals surface area contributed by atoms with Crippen LogP contribution in [0.5, 0.6) is 0 Å². The molecule has 0 saturated heterocycles. The second-order valence-corrected chi connectivity index (χ2v) is 3.83. The third-order valence-electron chi connectivity index (χ3n) is 1.89. The van der Waals surface area contributed by atoms with E-state index < -0.39 is 12.2 Å². The standard InChI is InChI=1S/C9H13BrN2O2/c10-2-1-8(13)9(14)6-3-7(11)5-12-4-6/h3-5,8-9,13-14H,1-2,11H2. The van der Waals surface area contributed by atoms with Crippen LogP contribution >= 0.6 is 15.9 Å². The summed E-state index contributed by atoms with van der Waals surface area (Å²) in [5.74, 6) is 0. The molecule has 0 radical (unpaired) electrons. The Labute approximate surface area is 90.9 Å². The van der Waals surface area contributed by atoms with Crippen molar-refractivity contribution in [1.82, 2.24) is 4.98 Å². The Morgan fingerprint density at radius 1 is 1.43 bits per heavy atom. The number of nitrogens with zero attached hydrogens (tertiary/aromatic N) is 1. The highest BCUT2D eigenvalue weighted by atomic mass is 79.9. The van der Waals surface area contributed by atoms with Crippen LogP contribution in [0.2, 0.25) is 0 Å². The number of hydrogen-bond acceptors (Lipinski definition) is 4. The predicted octanol–water partition coefficient (Wildman–Crippen LogP) is 0.843. The first kappa shape index (κ1) is 11.4. The molecule has 0 spiro atoms. The number of nitrogen functional groups attached to an aromatic ring is 1. The predicted molar refractivity (Wildman–Crippen MR) is 58.0 cm³/mol. The van der Waals surface area contributed by atoms with E-state index in [1.54, 1.807) is 6.07 Å². The number of aromatic nitrogens is 1. The average molecular weight is 261 g/mol.